The standard InChI is InChI=1S/C13H20ClN3O3S/c1-3-15-13-12(14)7-11(8-16-13)21(18,19)17-9-5-10(6-9)20-4-2/h7-10,17H,3-6H2,1-2H3,(H,15,16). The minimum atomic E-state index is -3.59. The van der Waals surface area contributed by atoms with Gasteiger partial charge in [0.25, 0.3) is 0 Å². The van der Waals surface area contributed by atoms with Gasteiger partial charge in [0.1, 0.15) is 10.7 Å². The lowest BCUT2D eigenvalue weighted by Gasteiger charge is -2.35. The number of hydrogen-bond donors (Lipinski definition) is 2. The minimum absolute atomic E-state index is 0.0778. The third kappa shape index (κ3) is 4.06. The van der Waals surface area contributed by atoms with Gasteiger partial charge in [-0.25, -0.2) is 18.1 Å². The highest BCUT2D eigenvalue weighted by Crippen LogP contribution is 2.26. The number of halogens is 1. The van der Waals surface area contributed by atoms with Gasteiger partial charge in [-0.05, 0) is 32.8 Å². The molecule has 0 aliphatic heterocycles. The van der Waals surface area contributed by atoms with Crippen molar-refractivity contribution in [3.05, 3.63) is 17.3 Å². The Balaban J connectivity index is 2.01. The Kier molecular flexibility index (Phi) is 5.43. The second-order valence-electron chi connectivity index (χ2n) is 4.90. The molecule has 2 N–H and O–H groups in total. The normalized spacial score (nSPS) is 21.9. The number of rotatable bonds is 7. The number of aromatic nitrogens is 1. The smallest absolute Gasteiger partial charge is 0.242 e. The van der Waals surface area contributed by atoms with Gasteiger partial charge in [-0.15, -0.1) is 0 Å². The molecular weight excluding hydrogens is 314 g/mol. The van der Waals surface area contributed by atoms with E-state index in [2.05, 4.69) is 15.0 Å². The zero-order chi connectivity index (χ0) is 15.5. The highest BCUT2D eigenvalue weighted by molar-refractivity contribution is 7.89. The maximum Gasteiger partial charge on any atom is 0.242 e. The molecule has 21 heavy (non-hydrogen) atoms. The van der Waals surface area contributed by atoms with E-state index in [1.165, 1.54) is 12.3 Å². The van der Waals surface area contributed by atoms with Gasteiger partial charge in [-0.2, -0.15) is 0 Å². The summed E-state index contributed by atoms with van der Waals surface area (Å²) < 4.78 is 32.6. The summed E-state index contributed by atoms with van der Waals surface area (Å²) in [6.07, 6.45) is 2.86. The number of nitrogens with one attached hydrogen (secondary N) is 2. The van der Waals surface area contributed by atoms with Crippen LogP contribution in [0, 0.1) is 0 Å². The van der Waals surface area contributed by atoms with Crippen LogP contribution >= 0.6 is 11.6 Å². The molecule has 0 unspecified atom stereocenters. The van der Waals surface area contributed by atoms with Crippen LogP contribution < -0.4 is 10.0 Å². The molecule has 0 aromatic carbocycles. The van der Waals surface area contributed by atoms with Crippen molar-refractivity contribution >= 4 is 27.4 Å². The van der Waals surface area contributed by atoms with E-state index in [1.807, 2.05) is 13.8 Å². The maximum atomic E-state index is 12.3. The predicted octanol–water partition coefficient (Wildman–Crippen LogP) is 2.01. The molecule has 0 spiro atoms. The molecule has 0 atom stereocenters. The molecule has 1 fully saturated rings. The number of anilines is 1. The number of sulfonamides is 1. The third-order valence-corrected chi connectivity index (χ3v) is 5.07. The number of ether oxygens (including phenoxy) is 1. The van der Waals surface area contributed by atoms with Crippen molar-refractivity contribution < 1.29 is 13.2 Å². The average Bonchev–Trinajstić information content (AvgIpc) is 2.39. The van der Waals surface area contributed by atoms with Crippen molar-refractivity contribution in [3.63, 3.8) is 0 Å². The van der Waals surface area contributed by atoms with Gasteiger partial charge in [-0.3, -0.25) is 0 Å². The third-order valence-electron chi connectivity index (χ3n) is 3.29. The van der Waals surface area contributed by atoms with Crippen LogP contribution in [-0.2, 0) is 14.8 Å². The van der Waals surface area contributed by atoms with Crippen LogP contribution in [0.2, 0.25) is 5.02 Å². The Morgan fingerprint density at radius 2 is 2.14 bits per heavy atom. The number of nitrogens with zero attached hydrogens (tertiary/aromatic N) is 1. The van der Waals surface area contributed by atoms with Crippen LogP contribution in [0.4, 0.5) is 5.82 Å². The van der Waals surface area contributed by atoms with Crippen molar-refractivity contribution in [1.82, 2.24) is 9.71 Å². The van der Waals surface area contributed by atoms with Crippen molar-refractivity contribution in [1.29, 1.82) is 0 Å². The van der Waals surface area contributed by atoms with Gasteiger partial charge >= 0.3 is 0 Å². The van der Waals surface area contributed by atoms with Crippen molar-refractivity contribution in [2.45, 2.75) is 43.7 Å². The van der Waals surface area contributed by atoms with E-state index in [1.54, 1.807) is 0 Å². The summed E-state index contributed by atoms with van der Waals surface area (Å²) in [7, 11) is -3.59. The Labute approximate surface area is 130 Å². The van der Waals surface area contributed by atoms with Gasteiger partial charge in [0.05, 0.1) is 11.1 Å². The summed E-state index contributed by atoms with van der Waals surface area (Å²) >= 11 is 6.03. The maximum absolute atomic E-state index is 12.3. The lowest BCUT2D eigenvalue weighted by molar-refractivity contribution is -0.00475. The van der Waals surface area contributed by atoms with Crippen LogP contribution in [0.3, 0.4) is 0 Å². The molecule has 6 nitrogen and oxygen atoms in total. The zero-order valence-electron chi connectivity index (χ0n) is 12.1. The van der Waals surface area contributed by atoms with Crippen molar-refractivity contribution in [3.8, 4) is 0 Å². The van der Waals surface area contributed by atoms with Crippen molar-refractivity contribution in [2.75, 3.05) is 18.5 Å². The second-order valence-corrected chi connectivity index (χ2v) is 7.02. The van der Waals surface area contributed by atoms with Crippen LogP contribution in [0.15, 0.2) is 17.2 Å². The summed E-state index contributed by atoms with van der Waals surface area (Å²) in [4.78, 5) is 4.12. The highest BCUT2D eigenvalue weighted by atomic mass is 35.5. The fourth-order valence-corrected chi connectivity index (χ4v) is 3.72. The fourth-order valence-electron chi connectivity index (χ4n) is 2.19. The summed E-state index contributed by atoms with van der Waals surface area (Å²) in [5.74, 6) is 0.484. The van der Waals surface area contributed by atoms with E-state index in [0.29, 0.717) is 36.8 Å². The molecule has 2 rings (SSSR count). The van der Waals surface area contributed by atoms with Gasteiger partial charge in [0.2, 0.25) is 10.0 Å². The van der Waals surface area contributed by atoms with Gasteiger partial charge in [-0.1, -0.05) is 11.6 Å². The molecule has 1 heterocycles. The second kappa shape index (κ2) is 6.91. The highest BCUT2D eigenvalue weighted by Gasteiger charge is 2.33. The molecule has 0 radical (unpaired) electrons. The molecule has 0 saturated heterocycles. The summed E-state index contributed by atoms with van der Waals surface area (Å²) in [5, 5.41) is 3.25. The first kappa shape index (κ1) is 16.5. The first-order chi connectivity index (χ1) is 9.96. The van der Waals surface area contributed by atoms with E-state index < -0.39 is 10.0 Å². The summed E-state index contributed by atoms with van der Waals surface area (Å²) in [5.41, 5.74) is 0. The Bertz CT molecular complexity index is 588. The summed E-state index contributed by atoms with van der Waals surface area (Å²) in [6.45, 7) is 5.15. The number of pyridine rings is 1. The molecule has 1 aromatic heterocycles. The largest absolute Gasteiger partial charge is 0.378 e. The lowest BCUT2D eigenvalue weighted by atomic mass is 9.90. The van der Waals surface area contributed by atoms with Crippen molar-refractivity contribution in [2.24, 2.45) is 0 Å². The van der Waals surface area contributed by atoms with Gasteiger partial charge in [0, 0.05) is 25.4 Å². The van der Waals surface area contributed by atoms with Crippen LogP contribution in [-0.4, -0.2) is 38.7 Å². The molecule has 8 heteroatoms. The number of hydrogen-bond acceptors (Lipinski definition) is 5. The zero-order valence-corrected chi connectivity index (χ0v) is 13.7. The minimum Gasteiger partial charge on any atom is -0.378 e. The Morgan fingerprint density at radius 1 is 1.43 bits per heavy atom. The van der Waals surface area contributed by atoms with Gasteiger partial charge < -0.3 is 10.1 Å². The first-order valence-corrected chi connectivity index (χ1v) is 8.85. The molecule has 0 amide bonds. The Morgan fingerprint density at radius 3 is 2.71 bits per heavy atom. The van der Waals surface area contributed by atoms with Gasteiger partial charge in [0.15, 0.2) is 0 Å². The van der Waals surface area contributed by atoms with Crippen LogP contribution in [0.25, 0.3) is 0 Å². The average molecular weight is 334 g/mol. The van der Waals surface area contributed by atoms with E-state index in [0.717, 1.165) is 0 Å². The molecule has 118 valence electrons. The summed E-state index contributed by atoms with van der Waals surface area (Å²) in [6, 6.07) is 1.33. The predicted molar refractivity (Wildman–Crippen MR) is 82.2 cm³/mol. The quantitative estimate of drug-likeness (QED) is 0.798. The van der Waals surface area contributed by atoms with E-state index >= 15 is 0 Å². The van der Waals surface area contributed by atoms with E-state index in [9.17, 15) is 8.42 Å². The van der Waals surface area contributed by atoms with E-state index in [4.69, 9.17) is 16.3 Å². The SMILES string of the molecule is CCNc1ncc(S(=O)(=O)NC2CC(OCC)C2)cc1Cl. The molecule has 1 aromatic rings. The monoisotopic (exact) mass is 333 g/mol. The lowest BCUT2D eigenvalue weighted by Crippen LogP contribution is -2.47. The van der Waals surface area contributed by atoms with Crippen LogP contribution in [0.5, 0.6) is 0 Å². The molecule has 1 saturated carbocycles. The molecule has 1 aliphatic rings. The fraction of sp³-hybridized carbons (Fsp3) is 0.615. The van der Waals surface area contributed by atoms with E-state index in [-0.39, 0.29) is 17.0 Å². The topological polar surface area (TPSA) is 80.3 Å². The molecular formula is C13H20ClN3O3S. The van der Waals surface area contributed by atoms with Crippen LogP contribution in [0.1, 0.15) is 26.7 Å². The Hall–Kier alpha value is -0.890. The molecule has 1 aliphatic carbocycles. The first-order valence-electron chi connectivity index (χ1n) is 6.99. The molecule has 0 bridgehead atoms.